The van der Waals surface area contributed by atoms with Crippen LogP contribution in [0.2, 0.25) is 0 Å². The number of halogens is 3. The van der Waals surface area contributed by atoms with E-state index in [4.69, 9.17) is 0 Å². The van der Waals surface area contributed by atoms with Gasteiger partial charge in [-0.05, 0) is 25.1 Å². The van der Waals surface area contributed by atoms with Crippen molar-refractivity contribution in [3.8, 4) is 5.75 Å². The van der Waals surface area contributed by atoms with Gasteiger partial charge in [-0.15, -0.1) is 0 Å². The molecule has 0 fully saturated rings. The van der Waals surface area contributed by atoms with E-state index in [2.05, 4.69) is 4.74 Å². The summed E-state index contributed by atoms with van der Waals surface area (Å²) >= 11 is 0. The van der Waals surface area contributed by atoms with Crippen LogP contribution in [0.4, 0.5) is 13.2 Å². The molecule has 0 amide bonds. The van der Waals surface area contributed by atoms with Gasteiger partial charge >= 0.3 is 6.61 Å². The number of carbonyl (C=O) groups excluding carboxylic acids is 1. The van der Waals surface area contributed by atoms with Crippen LogP contribution in [0.3, 0.4) is 0 Å². The van der Waals surface area contributed by atoms with Gasteiger partial charge in [0, 0.05) is 5.56 Å². The number of Topliss-reactive ketones (excluding diaryl/α,β-unsaturated/α-hetero) is 1. The van der Waals surface area contributed by atoms with Crippen LogP contribution >= 0.6 is 0 Å². The fourth-order valence-corrected chi connectivity index (χ4v) is 0.909. The summed E-state index contributed by atoms with van der Waals surface area (Å²) in [6, 6.07) is 3.06. The average molecular weight is 204 g/mol. The average Bonchev–Trinajstić information content (AvgIpc) is 2.07. The molecule has 0 spiro atoms. The van der Waals surface area contributed by atoms with Crippen molar-refractivity contribution >= 4 is 5.78 Å². The maximum absolute atomic E-state index is 12.8. The Labute approximate surface area is 78.3 Å². The Hall–Kier alpha value is -1.52. The van der Waals surface area contributed by atoms with E-state index in [9.17, 15) is 18.0 Å². The Morgan fingerprint density at radius 3 is 2.57 bits per heavy atom. The monoisotopic (exact) mass is 204 g/mol. The molecule has 0 N–H and O–H groups in total. The number of alkyl halides is 2. The highest BCUT2D eigenvalue weighted by Gasteiger charge is 2.11. The molecule has 0 aliphatic rings. The minimum atomic E-state index is -3.10. The summed E-state index contributed by atoms with van der Waals surface area (Å²) in [5, 5.41) is 0. The third-order valence-corrected chi connectivity index (χ3v) is 1.55. The molecule has 2 nitrogen and oxygen atoms in total. The molecule has 5 heteroatoms. The molecule has 0 saturated carbocycles. The number of carbonyl (C=O) groups is 1. The van der Waals surface area contributed by atoms with Crippen LogP contribution in [0.15, 0.2) is 18.2 Å². The Bertz CT molecular complexity index is 350. The van der Waals surface area contributed by atoms with E-state index in [-0.39, 0.29) is 11.3 Å². The van der Waals surface area contributed by atoms with Crippen molar-refractivity contribution in [1.82, 2.24) is 0 Å². The Morgan fingerprint density at radius 1 is 1.43 bits per heavy atom. The molecule has 1 rings (SSSR count). The quantitative estimate of drug-likeness (QED) is 0.707. The molecule has 0 aliphatic carbocycles. The smallest absolute Gasteiger partial charge is 0.387 e. The molecule has 1 aromatic carbocycles. The molecule has 0 unspecified atom stereocenters. The summed E-state index contributed by atoms with van der Waals surface area (Å²) in [4.78, 5) is 10.8. The van der Waals surface area contributed by atoms with Crippen LogP contribution in [-0.2, 0) is 0 Å². The molecule has 0 heterocycles. The minimum absolute atomic E-state index is 0.127. The lowest BCUT2D eigenvalue weighted by Crippen LogP contribution is -2.05. The number of hydrogen-bond donors (Lipinski definition) is 0. The zero-order valence-electron chi connectivity index (χ0n) is 7.26. The third-order valence-electron chi connectivity index (χ3n) is 1.55. The summed E-state index contributed by atoms with van der Waals surface area (Å²) in [7, 11) is 0. The first kappa shape index (κ1) is 10.6. The molecule has 76 valence electrons. The van der Waals surface area contributed by atoms with Crippen molar-refractivity contribution in [2.45, 2.75) is 13.5 Å². The molecular formula is C9H7F3O2. The van der Waals surface area contributed by atoms with Crippen molar-refractivity contribution in [2.24, 2.45) is 0 Å². The van der Waals surface area contributed by atoms with Gasteiger partial charge in [-0.25, -0.2) is 4.39 Å². The Balaban J connectivity index is 3.02. The highest BCUT2D eigenvalue weighted by molar-refractivity contribution is 5.94. The lowest BCUT2D eigenvalue weighted by atomic mass is 10.1. The number of ketones is 1. The predicted octanol–water partition coefficient (Wildman–Crippen LogP) is 2.63. The predicted molar refractivity (Wildman–Crippen MR) is 43.0 cm³/mol. The SMILES string of the molecule is CC(=O)c1ccc(F)c(OC(F)F)c1. The summed E-state index contributed by atoms with van der Waals surface area (Å²) < 4.78 is 40.2. The van der Waals surface area contributed by atoms with Crippen LogP contribution < -0.4 is 4.74 Å². The van der Waals surface area contributed by atoms with Crippen molar-refractivity contribution in [3.63, 3.8) is 0 Å². The molecule has 14 heavy (non-hydrogen) atoms. The fourth-order valence-electron chi connectivity index (χ4n) is 0.909. The largest absolute Gasteiger partial charge is 0.432 e. The standard InChI is InChI=1S/C9H7F3O2/c1-5(13)6-2-3-7(10)8(4-6)14-9(11)12/h2-4,9H,1H3. The van der Waals surface area contributed by atoms with Crippen molar-refractivity contribution < 1.29 is 22.7 Å². The van der Waals surface area contributed by atoms with Gasteiger partial charge in [0.2, 0.25) is 0 Å². The molecular weight excluding hydrogens is 197 g/mol. The van der Waals surface area contributed by atoms with E-state index in [0.717, 1.165) is 12.1 Å². The summed E-state index contributed by atoms with van der Waals surface area (Å²) in [5.41, 5.74) is 0.127. The fraction of sp³-hybridized carbons (Fsp3) is 0.222. The normalized spacial score (nSPS) is 10.4. The molecule has 0 aromatic heterocycles. The number of benzene rings is 1. The molecule has 0 radical (unpaired) electrons. The lowest BCUT2D eigenvalue weighted by molar-refractivity contribution is -0.0522. The van der Waals surface area contributed by atoms with Gasteiger partial charge in [-0.1, -0.05) is 0 Å². The Morgan fingerprint density at radius 2 is 2.07 bits per heavy atom. The van der Waals surface area contributed by atoms with E-state index >= 15 is 0 Å². The van der Waals surface area contributed by atoms with Gasteiger partial charge in [0.1, 0.15) is 0 Å². The van der Waals surface area contributed by atoms with Crippen molar-refractivity contribution in [1.29, 1.82) is 0 Å². The zero-order chi connectivity index (χ0) is 10.7. The maximum Gasteiger partial charge on any atom is 0.387 e. The highest BCUT2D eigenvalue weighted by atomic mass is 19.3. The van der Waals surface area contributed by atoms with E-state index in [0.29, 0.717) is 0 Å². The maximum atomic E-state index is 12.8. The van der Waals surface area contributed by atoms with E-state index in [1.807, 2.05) is 0 Å². The molecule has 0 aliphatic heterocycles. The van der Waals surface area contributed by atoms with Gasteiger partial charge < -0.3 is 4.74 Å². The molecule has 0 saturated heterocycles. The second kappa shape index (κ2) is 4.13. The van der Waals surface area contributed by atoms with E-state index in [1.54, 1.807) is 0 Å². The lowest BCUT2D eigenvalue weighted by Gasteiger charge is -2.06. The molecule has 0 atom stereocenters. The van der Waals surface area contributed by atoms with Crippen LogP contribution in [0, 0.1) is 5.82 Å². The van der Waals surface area contributed by atoms with Gasteiger partial charge in [0.15, 0.2) is 17.3 Å². The molecule has 0 bridgehead atoms. The van der Waals surface area contributed by atoms with Gasteiger partial charge in [-0.2, -0.15) is 8.78 Å². The van der Waals surface area contributed by atoms with E-state index < -0.39 is 18.2 Å². The van der Waals surface area contributed by atoms with Gasteiger partial charge in [-0.3, -0.25) is 4.79 Å². The topological polar surface area (TPSA) is 26.3 Å². The first-order valence-corrected chi connectivity index (χ1v) is 3.76. The molecule has 1 aromatic rings. The first-order valence-electron chi connectivity index (χ1n) is 3.76. The van der Waals surface area contributed by atoms with Gasteiger partial charge in [0.05, 0.1) is 0 Å². The summed E-state index contributed by atoms with van der Waals surface area (Å²) in [5.74, 6) is -1.88. The van der Waals surface area contributed by atoms with Gasteiger partial charge in [0.25, 0.3) is 0 Å². The number of ether oxygens (including phenoxy) is 1. The summed E-state index contributed by atoms with van der Waals surface area (Å²) in [6.07, 6.45) is 0. The van der Waals surface area contributed by atoms with Crippen LogP contribution in [0.25, 0.3) is 0 Å². The number of hydrogen-bond acceptors (Lipinski definition) is 2. The van der Waals surface area contributed by atoms with Crippen LogP contribution in [0.1, 0.15) is 17.3 Å². The van der Waals surface area contributed by atoms with Crippen LogP contribution in [-0.4, -0.2) is 12.4 Å². The van der Waals surface area contributed by atoms with Crippen molar-refractivity contribution in [2.75, 3.05) is 0 Å². The van der Waals surface area contributed by atoms with E-state index in [1.165, 1.54) is 13.0 Å². The Kier molecular flexibility index (Phi) is 3.11. The highest BCUT2D eigenvalue weighted by Crippen LogP contribution is 2.20. The zero-order valence-corrected chi connectivity index (χ0v) is 7.26. The number of rotatable bonds is 3. The van der Waals surface area contributed by atoms with Crippen molar-refractivity contribution in [3.05, 3.63) is 29.6 Å². The summed E-state index contributed by atoms with van der Waals surface area (Å²) in [6.45, 7) is -1.86. The minimum Gasteiger partial charge on any atom is -0.432 e. The second-order valence-corrected chi connectivity index (χ2v) is 2.58. The third kappa shape index (κ3) is 2.48. The van der Waals surface area contributed by atoms with Crippen LogP contribution in [0.5, 0.6) is 5.75 Å². The first-order chi connectivity index (χ1) is 6.50. The second-order valence-electron chi connectivity index (χ2n) is 2.58.